The van der Waals surface area contributed by atoms with Crippen molar-refractivity contribution >= 4 is 33.3 Å². The number of urea groups is 1. The van der Waals surface area contributed by atoms with Crippen LogP contribution in [0.2, 0.25) is 0 Å². The summed E-state index contributed by atoms with van der Waals surface area (Å²) < 4.78 is 38.0. The fourth-order valence-corrected chi connectivity index (χ4v) is 2.34. The first kappa shape index (κ1) is 16.4. The van der Waals surface area contributed by atoms with E-state index in [-0.39, 0.29) is 5.69 Å². The number of anilines is 2. The summed E-state index contributed by atoms with van der Waals surface area (Å²) in [5, 5.41) is 5.08. The lowest BCUT2D eigenvalue weighted by atomic mass is 10.2. The van der Waals surface area contributed by atoms with Crippen molar-refractivity contribution in [2.24, 2.45) is 0 Å². The molecule has 7 heteroatoms. The Morgan fingerprint density at radius 1 is 1.05 bits per heavy atom. The molecule has 22 heavy (non-hydrogen) atoms. The van der Waals surface area contributed by atoms with Crippen molar-refractivity contribution in [1.29, 1.82) is 0 Å². The molecule has 0 aliphatic carbocycles. The highest BCUT2D eigenvalue weighted by Crippen LogP contribution is 2.30. The third kappa shape index (κ3) is 4.24. The van der Waals surface area contributed by atoms with Crippen LogP contribution in [0.4, 0.5) is 29.3 Å². The topological polar surface area (TPSA) is 41.1 Å². The van der Waals surface area contributed by atoms with Gasteiger partial charge in [-0.05, 0) is 64.8 Å². The third-order valence-corrected chi connectivity index (χ3v) is 3.50. The fraction of sp³-hybridized carbons (Fsp3) is 0.133. The molecule has 0 unspecified atom stereocenters. The normalized spacial score (nSPS) is 11.1. The number of carbonyl (C=O) groups excluding carboxylic acids is 1. The van der Waals surface area contributed by atoms with Crippen molar-refractivity contribution in [3.05, 3.63) is 58.1 Å². The summed E-state index contributed by atoms with van der Waals surface area (Å²) in [6.07, 6.45) is -4.40. The van der Waals surface area contributed by atoms with Crippen LogP contribution in [0.5, 0.6) is 0 Å². The molecule has 3 nitrogen and oxygen atoms in total. The van der Waals surface area contributed by atoms with Gasteiger partial charge in [-0.1, -0.05) is 6.07 Å². The fourth-order valence-electron chi connectivity index (χ4n) is 1.75. The van der Waals surface area contributed by atoms with E-state index in [1.165, 1.54) is 12.1 Å². The Balaban J connectivity index is 2.03. The van der Waals surface area contributed by atoms with E-state index >= 15 is 0 Å². The highest BCUT2D eigenvalue weighted by atomic mass is 79.9. The van der Waals surface area contributed by atoms with Crippen molar-refractivity contribution in [3.8, 4) is 0 Å². The van der Waals surface area contributed by atoms with Gasteiger partial charge in [-0.2, -0.15) is 13.2 Å². The summed E-state index contributed by atoms with van der Waals surface area (Å²) in [6, 6.07) is 9.09. The van der Waals surface area contributed by atoms with Gasteiger partial charge in [0.2, 0.25) is 0 Å². The van der Waals surface area contributed by atoms with E-state index in [2.05, 4.69) is 26.6 Å². The molecule has 0 heterocycles. The molecular weight excluding hydrogens is 361 g/mol. The van der Waals surface area contributed by atoms with Crippen LogP contribution >= 0.6 is 15.9 Å². The second-order valence-corrected chi connectivity index (χ2v) is 5.49. The largest absolute Gasteiger partial charge is 0.416 e. The smallest absolute Gasteiger partial charge is 0.308 e. The predicted molar refractivity (Wildman–Crippen MR) is 83.0 cm³/mol. The number of hydrogen-bond acceptors (Lipinski definition) is 1. The van der Waals surface area contributed by atoms with Crippen LogP contribution in [0.15, 0.2) is 46.9 Å². The van der Waals surface area contributed by atoms with E-state index in [1.54, 1.807) is 6.07 Å². The van der Waals surface area contributed by atoms with Gasteiger partial charge in [0.25, 0.3) is 0 Å². The molecular formula is C15H12BrF3N2O. The molecule has 0 saturated heterocycles. The first-order chi connectivity index (χ1) is 10.3. The quantitative estimate of drug-likeness (QED) is 0.725. The van der Waals surface area contributed by atoms with Gasteiger partial charge >= 0.3 is 12.2 Å². The monoisotopic (exact) mass is 372 g/mol. The van der Waals surface area contributed by atoms with Gasteiger partial charge in [0.05, 0.1) is 11.3 Å². The van der Waals surface area contributed by atoms with Crippen LogP contribution in [0, 0.1) is 6.92 Å². The van der Waals surface area contributed by atoms with Crippen LogP contribution < -0.4 is 10.6 Å². The Morgan fingerprint density at radius 3 is 2.23 bits per heavy atom. The summed E-state index contributed by atoms with van der Waals surface area (Å²) >= 11 is 3.32. The number of carbonyl (C=O) groups is 1. The first-order valence-corrected chi connectivity index (χ1v) is 7.06. The van der Waals surface area contributed by atoms with Crippen molar-refractivity contribution in [2.75, 3.05) is 10.6 Å². The molecule has 2 N–H and O–H groups in total. The second-order valence-electron chi connectivity index (χ2n) is 4.64. The molecule has 0 aromatic heterocycles. The number of rotatable bonds is 2. The molecule has 0 atom stereocenters. The summed E-state index contributed by atoms with van der Waals surface area (Å²) in [6.45, 7) is 1.91. The highest BCUT2D eigenvalue weighted by molar-refractivity contribution is 9.10. The number of alkyl halides is 3. The van der Waals surface area contributed by atoms with Gasteiger partial charge in [0, 0.05) is 10.2 Å². The zero-order valence-corrected chi connectivity index (χ0v) is 13.0. The average molecular weight is 373 g/mol. The molecule has 2 amide bonds. The lowest BCUT2D eigenvalue weighted by molar-refractivity contribution is -0.137. The van der Waals surface area contributed by atoms with Gasteiger partial charge in [0.15, 0.2) is 0 Å². The van der Waals surface area contributed by atoms with E-state index < -0.39 is 17.8 Å². The van der Waals surface area contributed by atoms with Crippen LogP contribution in [0.1, 0.15) is 11.1 Å². The van der Waals surface area contributed by atoms with Crippen LogP contribution in [0.25, 0.3) is 0 Å². The van der Waals surface area contributed by atoms with Crippen LogP contribution in [0.3, 0.4) is 0 Å². The van der Waals surface area contributed by atoms with E-state index in [1.807, 2.05) is 19.1 Å². The standard InChI is InChI=1S/C15H12BrF3N2O/c1-9-2-7-13(12(16)8-9)21-14(22)20-11-5-3-10(4-6-11)15(17,18)19/h2-8H,1H3,(H2,20,21,22). The highest BCUT2D eigenvalue weighted by Gasteiger charge is 2.29. The zero-order chi connectivity index (χ0) is 16.3. The number of aryl methyl sites for hydroxylation is 1. The molecule has 0 fully saturated rings. The van der Waals surface area contributed by atoms with Crippen molar-refractivity contribution in [2.45, 2.75) is 13.1 Å². The van der Waals surface area contributed by atoms with E-state index in [0.717, 1.165) is 22.2 Å². The summed E-state index contributed by atoms with van der Waals surface area (Å²) in [7, 11) is 0. The summed E-state index contributed by atoms with van der Waals surface area (Å²) in [4.78, 5) is 11.8. The minimum absolute atomic E-state index is 0.272. The maximum absolute atomic E-state index is 12.4. The second kappa shape index (κ2) is 6.39. The Morgan fingerprint density at radius 2 is 1.68 bits per heavy atom. The molecule has 2 rings (SSSR count). The Labute approximate surface area is 133 Å². The van der Waals surface area contributed by atoms with Crippen molar-refractivity contribution < 1.29 is 18.0 Å². The van der Waals surface area contributed by atoms with Gasteiger partial charge in [-0.25, -0.2) is 4.79 Å². The van der Waals surface area contributed by atoms with Crippen LogP contribution in [-0.4, -0.2) is 6.03 Å². The average Bonchev–Trinajstić information content (AvgIpc) is 2.41. The van der Waals surface area contributed by atoms with Crippen LogP contribution in [-0.2, 0) is 6.18 Å². The minimum atomic E-state index is -4.40. The molecule has 0 aliphatic heterocycles. The maximum atomic E-state index is 12.4. The number of benzene rings is 2. The predicted octanol–water partition coefficient (Wildman–Crippen LogP) is 5.42. The van der Waals surface area contributed by atoms with E-state index in [4.69, 9.17) is 0 Å². The van der Waals surface area contributed by atoms with Gasteiger partial charge in [-0.15, -0.1) is 0 Å². The lowest BCUT2D eigenvalue weighted by Gasteiger charge is -2.11. The van der Waals surface area contributed by atoms with Gasteiger partial charge in [-0.3, -0.25) is 0 Å². The minimum Gasteiger partial charge on any atom is -0.308 e. The number of halogens is 4. The number of amides is 2. The molecule has 0 bridgehead atoms. The Hall–Kier alpha value is -2.02. The van der Waals surface area contributed by atoms with E-state index in [0.29, 0.717) is 5.69 Å². The molecule has 116 valence electrons. The molecule has 2 aromatic carbocycles. The lowest BCUT2D eigenvalue weighted by Crippen LogP contribution is -2.19. The Kier molecular flexibility index (Phi) is 4.75. The number of hydrogen-bond donors (Lipinski definition) is 2. The molecule has 2 aromatic rings. The van der Waals surface area contributed by atoms with Gasteiger partial charge in [0.1, 0.15) is 0 Å². The third-order valence-electron chi connectivity index (χ3n) is 2.84. The SMILES string of the molecule is Cc1ccc(NC(=O)Nc2ccc(C(F)(F)F)cc2)c(Br)c1. The summed E-state index contributed by atoms with van der Waals surface area (Å²) in [5.74, 6) is 0. The van der Waals surface area contributed by atoms with E-state index in [9.17, 15) is 18.0 Å². The van der Waals surface area contributed by atoms with Crippen molar-refractivity contribution in [3.63, 3.8) is 0 Å². The number of nitrogens with one attached hydrogen (secondary N) is 2. The molecule has 0 saturated carbocycles. The maximum Gasteiger partial charge on any atom is 0.416 e. The first-order valence-electron chi connectivity index (χ1n) is 6.27. The molecule has 0 radical (unpaired) electrons. The Bertz CT molecular complexity index is 684. The molecule has 0 spiro atoms. The van der Waals surface area contributed by atoms with Gasteiger partial charge < -0.3 is 10.6 Å². The zero-order valence-electron chi connectivity index (χ0n) is 11.5. The van der Waals surface area contributed by atoms with Crippen molar-refractivity contribution in [1.82, 2.24) is 0 Å². The summed E-state index contributed by atoms with van der Waals surface area (Å²) in [5.41, 5.74) is 1.10. The molecule has 0 aliphatic rings.